The van der Waals surface area contributed by atoms with Crippen molar-refractivity contribution >= 4 is 41.9 Å². The number of halogens is 2. The third-order valence-corrected chi connectivity index (χ3v) is 8.08. The Morgan fingerprint density at radius 2 is 1.76 bits per heavy atom. The Kier molecular flexibility index (Phi) is 4.79. The summed E-state index contributed by atoms with van der Waals surface area (Å²) < 4.78 is 29.4. The van der Waals surface area contributed by atoms with Crippen molar-refractivity contribution in [2.24, 2.45) is 5.92 Å². The summed E-state index contributed by atoms with van der Waals surface area (Å²) in [5.41, 5.74) is 0. The average Bonchev–Trinajstić information content (AvgIpc) is 2.49. The van der Waals surface area contributed by atoms with E-state index in [1.54, 1.807) is 16.4 Å². The number of benzene rings is 1. The first-order chi connectivity index (χ1) is 10.00. The zero-order valence-corrected chi connectivity index (χ0v) is 15.8. The fourth-order valence-corrected chi connectivity index (χ4v) is 6.90. The van der Waals surface area contributed by atoms with Crippen molar-refractivity contribution in [3.05, 3.63) is 27.1 Å². The first-order valence-electron chi connectivity index (χ1n) is 7.47. The Labute approximate surface area is 143 Å². The number of hydrogen-bond acceptors (Lipinski definition) is 2. The second kappa shape index (κ2) is 6.30. The molecular formula is C15H19Br2NO2S. The maximum absolute atomic E-state index is 13.1. The number of hydrogen-bond donors (Lipinski definition) is 0. The molecule has 0 N–H and O–H groups in total. The zero-order chi connectivity index (χ0) is 15.0. The third-order valence-electron chi connectivity index (χ3n) is 4.67. The van der Waals surface area contributed by atoms with E-state index in [0.717, 1.165) is 23.7 Å². The molecule has 3 nitrogen and oxygen atoms in total. The molecule has 21 heavy (non-hydrogen) atoms. The van der Waals surface area contributed by atoms with E-state index in [4.69, 9.17) is 0 Å². The lowest BCUT2D eigenvalue weighted by Gasteiger charge is -2.43. The Bertz CT molecular complexity index is 631. The normalized spacial score (nSPS) is 27.3. The number of rotatable bonds is 2. The van der Waals surface area contributed by atoms with Gasteiger partial charge in [0.1, 0.15) is 0 Å². The van der Waals surface area contributed by atoms with Crippen LogP contribution in [-0.2, 0) is 10.0 Å². The highest BCUT2D eigenvalue weighted by Gasteiger charge is 2.40. The predicted molar refractivity (Wildman–Crippen MR) is 90.7 cm³/mol. The zero-order valence-electron chi connectivity index (χ0n) is 11.8. The number of nitrogens with zero attached hydrogens (tertiary/aromatic N) is 1. The number of sulfonamides is 1. The summed E-state index contributed by atoms with van der Waals surface area (Å²) >= 11 is 6.77. The van der Waals surface area contributed by atoms with Crippen molar-refractivity contribution in [1.29, 1.82) is 0 Å². The molecule has 116 valence electrons. The Morgan fingerprint density at radius 3 is 2.57 bits per heavy atom. The van der Waals surface area contributed by atoms with Crippen molar-refractivity contribution in [2.45, 2.75) is 49.5 Å². The molecule has 1 saturated heterocycles. The van der Waals surface area contributed by atoms with Gasteiger partial charge in [-0.15, -0.1) is 0 Å². The fourth-order valence-electron chi connectivity index (χ4n) is 3.68. The van der Waals surface area contributed by atoms with E-state index in [-0.39, 0.29) is 6.04 Å². The second-order valence-corrected chi connectivity index (χ2v) is 9.57. The van der Waals surface area contributed by atoms with Crippen LogP contribution in [0.2, 0.25) is 0 Å². The maximum atomic E-state index is 13.1. The molecule has 3 rings (SSSR count). The molecule has 2 fully saturated rings. The van der Waals surface area contributed by atoms with Crippen LogP contribution in [0.1, 0.15) is 38.5 Å². The van der Waals surface area contributed by atoms with E-state index in [1.807, 2.05) is 6.07 Å². The summed E-state index contributed by atoms with van der Waals surface area (Å²) in [5, 5.41) is 0. The molecule has 1 aromatic rings. The van der Waals surface area contributed by atoms with Crippen molar-refractivity contribution in [2.75, 3.05) is 6.54 Å². The highest BCUT2D eigenvalue weighted by atomic mass is 79.9. The molecule has 0 spiro atoms. The van der Waals surface area contributed by atoms with Crippen molar-refractivity contribution in [3.8, 4) is 0 Å². The minimum atomic E-state index is -3.43. The van der Waals surface area contributed by atoms with E-state index in [1.165, 1.54) is 19.3 Å². The molecule has 0 unspecified atom stereocenters. The van der Waals surface area contributed by atoms with Crippen LogP contribution in [0.25, 0.3) is 0 Å². The van der Waals surface area contributed by atoms with Gasteiger partial charge in [-0.2, -0.15) is 4.31 Å². The largest absolute Gasteiger partial charge is 0.244 e. The van der Waals surface area contributed by atoms with Gasteiger partial charge in [-0.1, -0.05) is 28.8 Å². The quantitative estimate of drug-likeness (QED) is 0.681. The fraction of sp³-hybridized carbons (Fsp3) is 0.600. The molecule has 1 heterocycles. The molecule has 0 amide bonds. The van der Waals surface area contributed by atoms with Crippen LogP contribution in [0.5, 0.6) is 0 Å². The van der Waals surface area contributed by atoms with Crippen LogP contribution in [-0.4, -0.2) is 25.3 Å². The molecule has 1 aliphatic heterocycles. The van der Waals surface area contributed by atoms with Crippen LogP contribution >= 0.6 is 31.9 Å². The summed E-state index contributed by atoms with van der Waals surface area (Å²) in [7, 11) is -3.43. The maximum Gasteiger partial charge on any atom is 0.244 e. The predicted octanol–water partition coefficient (Wildman–Crippen LogP) is 4.55. The van der Waals surface area contributed by atoms with Gasteiger partial charge in [-0.3, -0.25) is 0 Å². The van der Waals surface area contributed by atoms with E-state index < -0.39 is 10.0 Å². The monoisotopic (exact) mass is 435 g/mol. The molecule has 1 aliphatic carbocycles. The van der Waals surface area contributed by atoms with Crippen LogP contribution < -0.4 is 0 Å². The molecule has 2 aliphatic rings. The summed E-state index contributed by atoms with van der Waals surface area (Å²) in [5.74, 6) is 0.549. The Morgan fingerprint density at radius 1 is 1.05 bits per heavy atom. The lowest BCUT2D eigenvalue weighted by Crippen LogP contribution is -2.49. The van der Waals surface area contributed by atoms with Crippen LogP contribution in [0, 0.1) is 5.92 Å². The van der Waals surface area contributed by atoms with E-state index in [0.29, 0.717) is 21.8 Å². The second-order valence-electron chi connectivity index (χ2n) is 5.94. The summed E-state index contributed by atoms with van der Waals surface area (Å²) in [6, 6.07) is 5.54. The van der Waals surface area contributed by atoms with Gasteiger partial charge in [-0.25, -0.2) is 8.42 Å². The lowest BCUT2D eigenvalue weighted by molar-refractivity contribution is 0.129. The summed E-state index contributed by atoms with van der Waals surface area (Å²) in [6.45, 7) is 0.655. The van der Waals surface area contributed by atoms with E-state index in [9.17, 15) is 8.42 Å². The van der Waals surface area contributed by atoms with E-state index in [2.05, 4.69) is 31.9 Å². The van der Waals surface area contributed by atoms with Gasteiger partial charge in [-0.05, 0) is 65.7 Å². The van der Waals surface area contributed by atoms with Gasteiger partial charge in [0.15, 0.2) is 0 Å². The topological polar surface area (TPSA) is 37.4 Å². The minimum Gasteiger partial charge on any atom is -0.207 e. The SMILES string of the molecule is O=S(=O)(c1cc(Br)ccc1Br)N1CCC[C@H]2CCCC[C@H]21. The Balaban J connectivity index is 1.98. The summed E-state index contributed by atoms with van der Waals surface area (Å²) in [4.78, 5) is 0.378. The van der Waals surface area contributed by atoms with Crippen molar-refractivity contribution in [3.63, 3.8) is 0 Å². The van der Waals surface area contributed by atoms with Crippen LogP contribution in [0.15, 0.2) is 32.0 Å². The van der Waals surface area contributed by atoms with Gasteiger partial charge in [0.25, 0.3) is 0 Å². The molecule has 1 aromatic carbocycles. The van der Waals surface area contributed by atoms with Gasteiger partial charge < -0.3 is 0 Å². The standard InChI is InChI=1S/C15H19Br2NO2S/c16-12-7-8-13(17)15(10-12)21(19,20)18-9-3-5-11-4-1-2-6-14(11)18/h7-8,10-11,14H,1-6,9H2/t11-,14-/m1/s1. The molecule has 2 atom stereocenters. The molecule has 0 bridgehead atoms. The van der Waals surface area contributed by atoms with Crippen LogP contribution in [0.3, 0.4) is 0 Å². The van der Waals surface area contributed by atoms with Gasteiger partial charge >= 0.3 is 0 Å². The number of piperidine rings is 1. The Hall–Kier alpha value is 0.0900. The highest BCUT2D eigenvalue weighted by molar-refractivity contribution is 9.11. The van der Waals surface area contributed by atoms with Crippen molar-refractivity contribution in [1.82, 2.24) is 4.31 Å². The number of fused-ring (bicyclic) bond motifs is 1. The van der Waals surface area contributed by atoms with Crippen molar-refractivity contribution < 1.29 is 8.42 Å². The van der Waals surface area contributed by atoms with E-state index >= 15 is 0 Å². The third kappa shape index (κ3) is 3.09. The van der Waals surface area contributed by atoms with Crippen LogP contribution in [0.4, 0.5) is 0 Å². The average molecular weight is 437 g/mol. The lowest BCUT2D eigenvalue weighted by atomic mass is 9.79. The van der Waals surface area contributed by atoms with Gasteiger partial charge in [0.2, 0.25) is 10.0 Å². The minimum absolute atomic E-state index is 0.198. The first kappa shape index (κ1) is 16.0. The summed E-state index contributed by atoms with van der Waals surface area (Å²) in [6.07, 6.45) is 6.73. The van der Waals surface area contributed by atoms with Gasteiger partial charge in [0, 0.05) is 21.5 Å². The smallest absolute Gasteiger partial charge is 0.207 e. The molecule has 6 heteroatoms. The van der Waals surface area contributed by atoms with Gasteiger partial charge in [0.05, 0.1) is 4.90 Å². The molecule has 1 saturated carbocycles. The first-order valence-corrected chi connectivity index (χ1v) is 10.5. The molecule has 0 aromatic heterocycles. The molecular weight excluding hydrogens is 418 g/mol. The highest BCUT2D eigenvalue weighted by Crippen LogP contribution is 2.39. The molecule has 0 radical (unpaired) electrons.